The Morgan fingerprint density at radius 2 is 2.16 bits per heavy atom. The molecule has 3 rings (SSSR count). The average molecular weight is 273 g/mol. The predicted octanol–water partition coefficient (Wildman–Crippen LogP) is 3.64. The second kappa shape index (κ2) is 4.62. The molecule has 1 aromatic heterocycles. The largest absolute Gasteiger partial charge is 0.321 e. The smallest absolute Gasteiger partial charge is 0.0488 e. The lowest BCUT2D eigenvalue weighted by molar-refractivity contribution is 0.381. The second-order valence-corrected chi connectivity index (χ2v) is 5.87. The van der Waals surface area contributed by atoms with Crippen LogP contribution in [0, 0.1) is 0 Å². The van der Waals surface area contributed by atoms with E-state index in [-0.39, 0.29) is 5.92 Å². The van der Waals surface area contributed by atoms with Crippen LogP contribution in [0.2, 0.25) is 5.02 Å². The van der Waals surface area contributed by atoms with Crippen molar-refractivity contribution in [1.29, 1.82) is 0 Å². The Kier molecular flexibility index (Phi) is 3.08. The maximum Gasteiger partial charge on any atom is 0.0488 e. The molecule has 98 valence electrons. The van der Waals surface area contributed by atoms with Crippen molar-refractivity contribution in [2.75, 3.05) is 0 Å². The molecule has 0 amide bonds. The summed E-state index contributed by atoms with van der Waals surface area (Å²) in [5.74, 6) is 0.252. The van der Waals surface area contributed by atoms with Gasteiger partial charge in [-0.3, -0.25) is 4.98 Å². The molecule has 1 aromatic carbocycles. The minimum atomic E-state index is -0.440. The monoisotopic (exact) mass is 272 g/mol. The maximum absolute atomic E-state index is 6.63. The van der Waals surface area contributed by atoms with Gasteiger partial charge in [0.25, 0.3) is 0 Å². The number of rotatable bonds is 2. The van der Waals surface area contributed by atoms with Crippen LogP contribution in [-0.2, 0) is 12.0 Å². The summed E-state index contributed by atoms with van der Waals surface area (Å²) in [6.07, 6.45) is 3.96. The number of pyridine rings is 1. The molecule has 0 aliphatic heterocycles. The number of hydrogen-bond donors (Lipinski definition) is 1. The summed E-state index contributed by atoms with van der Waals surface area (Å²) in [4.78, 5) is 4.54. The van der Waals surface area contributed by atoms with E-state index in [0.717, 1.165) is 29.1 Å². The first kappa shape index (κ1) is 12.6. The van der Waals surface area contributed by atoms with Gasteiger partial charge in [-0.05, 0) is 49.1 Å². The second-order valence-electron chi connectivity index (χ2n) is 5.43. The first-order chi connectivity index (χ1) is 9.09. The fourth-order valence-corrected chi connectivity index (χ4v) is 3.21. The van der Waals surface area contributed by atoms with E-state index in [0.29, 0.717) is 0 Å². The normalized spacial score (nSPS) is 20.9. The first-order valence-corrected chi connectivity index (χ1v) is 6.95. The lowest BCUT2D eigenvalue weighted by atomic mass is 9.79. The Balaban J connectivity index is 2.02. The number of benzene rings is 1. The molecule has 2 N–H and O–H groups in total. The van der Waals surface area contributed by atoms with Crippen LogP contribution in [0.5, 0.6) is 0 Å². The van der Waals surface area contributed by atoms with Gasteiger partial charge >= 0.3 is 0 Å². The molecule has 2 nitrogen and oxygen atoms in total. The van der Waals surface area contributed by atoms with Crippen LogP contribution in [-0.4, -0.2) is 4.98 Å². The zero-order chi connectivity index (χ0) is 13.5. The van der Waals surface area contributed by atoms with Crippen LogP contribution in [0.25, 0.3) is 0 Å². The van der Waals surface area contributed by atoms with Crippen molar-refractivity contribution in [2.24, 2.45) is 5.73 Å². The van der Waals surface area contributed by atoms with Gasteiger partial charge in [-0.2, -0.15) is 0 Å². The summed E-state index contributed by atoms with van der Waals surface area (Å²) < 4.78 is 0. The lowest BCUT2D eigenvalue weighted by Gasteiger charge is -2.32. The maximum atomic E-state index is 6.63. The Bertz CT molecular complexity index is 607. The van der Waals surface area contributed by atoms with Gasteiger partial charge in [-0.25, -0.2) is 0 Å². The molecule has 2 atom stereocenters. The fourth-order valence-electron chi connectivity index (χ4n) is 3.02. The highest BCUT2D eigenvalue weighted by Gasteiger charge is 2.38. The molecule has 2 unspecified atom stereocenters. The van der Waals surface area contributed by atoms with Crippen molar-refractivity contribution in [1.82, 2.24) is 4.98 Å². The Morgan fingerprint density at radius 1 is 1.32 bits per heavy atom. The summed E-state index contributed by atoms with van der Waals surface area (Å²) >= 11 is 6.09. The van der Waals surface area contributed by atoms with Crippen LogP contribution in [0.1, 0.15) is 36.1 Å². The minimum Gasteiger partial charge on any atom is -0.321 e. The van der Waals surface area contributed by atoms with E-state index < -0.39 is 5.54 Å². The topological polar surface area (TPSA) is 38.9 Å². The molecule has 3 heteroatoms. The highest BCUT2D eigenvalue weighted by atomic mass is 35.5. The zero-order valence-electron chi connectivity index (χ0n) is 10.9. The van der Waals surface area contributed by atoms with E-state index in [2.05, 4.69) is 18.0 Å². The van der Waals surface area contributed by atoms with Crippen molar-refractivity contribution < 1.29 is 0 Å². The number of halogens is 1. The van der Waals surface area contributed by atoms with Crippen LogP contribution in [0.3, 0.4) is 0 Å². The van der Waals surface area contributed by atoms with E-state index in [1.54, 1.807) is 0 Å². The summed E-state index contributed by atoms with van der Waals surface area (Å²) in [6, 6.07) is 12.0. The minimum absolute atomic E-state index is 0.252. The van der Waals surface area contributed by atoms with Crippen molar-refractivity contribution >= 4 is 11.6 Å². The van der Waals surface area contributed by atoms with Crippen LogP contribution < -0.4 is 5.73 Å². The van der Waals surface area contributed by atoms with Crippen molar-refractivity contribution in [3.8, 4) is 0 Å². The summed E-state index contributed by atoms with van der Waals surface area (Å²) in [5.41, 5.74) is 9.73. The average Bonchev–Trinajstić information content (AvgIpc) is 2.83. The van der Waals surface area contributed by atoms with E-state index >= 15 is 0 Å². The Morgan fingerprint density at radius 3 is 2.95 bits per heavy atom. The number of aromatic nitrogens is 1. The molecule has 0 bridgehead atoms. The number of fused-ring (bicyclic) bond motifs is 1. The molecular formula is C16H17ClN2. The third kappa shape index (κ3) is 2.15. The number of aryl methyl sites for hydroxylation is 1. The summed E-state index contributed by atoms with van der Waals surface area (Å²) in [6.45, 7) is 2.08. The van der Waals surface area contributed by atoms with Crippen LogP contribution in [0.15, 0.2) is 42.6 Å². The fraction of sp³-hybridized carbons (Fsp3) is 0.312. The molecule has 0 spiro atoms. The summed E-state index contributed by atoms with van der Waals surface area (Å²) in [5, 5.41) is 0.730. The van der Waals surface area contributed by atoms with Gasteiger partial charge in [0.05, 0.1) is 0 Å². The highest BCUT2D eigenvalue weighted by molar-refractivity contribution is 6.30. The molecule has 1 aliphatic carbocycles. The van der Waals surface area contributed by atoms with E-state index in [4.69, 9.17) is 17.3 Å². The lowest BCUT2D eigenvalue weighted by Crippen LogP contribution is -2.39. The number of hydrogen-bond acceptors (Lipinski definition) is 2. The highest BCUT2D eigenvalue weighted by Crippen LogP contribution is 2.43. The molecule has 1 aliphatic rings. The first-order valence-electron chi connectivity index (χ1n) is 6.58. The molecule has 0 radical (unpaired) electrons. The van der Waals surface area contributed by atoms with Gasteiger partial charge in [-0.1, -0.05) is 29.8 Å². The van der Waals surface area contributed by atoms with Crippen molar-refractivity contribution in [2.45, 2.75) is 31.2 Å². The number of nitrogens with zero attached hydrogens (tertiary/aromatic N) is 1. The Hall–Kier alpha value is -1.38. The quantitative estimate of drug-likeness (QED) is 0.907. The molecule has 0 saturated carbocycles. The van der Waals surface area contributed by atoms with Gasteiger partial charge in [0.2, 0.25) is 0 Å². The Labute approximate surface area is 118 Å². The molecular weight excluding hydrogens is 256 g/mol. The number of nitrogens with two attached hydrogens (primary N) is 1. The zero-order valence-corrected chi connectivity index (χ0v) is 11.7. The van der Waals surface area contributed by atoms with Gasteiger partial charge in [0, 0.05) is 28.4 Å². The third-order valence-electron chi connectivity index (χ3n) is 4.13. The molecule has 0 fully saturated rings. The van der Waals surface area contributed by atoms with Gasteiger partial charge in [-0.15, -0.1) is 0 Å². The molecule has 1 heterocycles. The van der Waals surface area contributed by atoms with E-state index in [9.17, 15) is 0 Å². The van der Waals surface area contributed by atoms with Crippen LogP contribution in [0.4, 0.5) is 0 Å². The van der Waals surface area contributed by atoms with Gasteiger partial charge < -0.3 is 5.73 Å². The van der Waals surface area contributed by atoms with Gasteiger partial charge in [0.15, 0.2) is 0 Å². The van der Waals surface area contributed by atoms with Gasteiger partial charge in [0.1, 0.15) is 0 Å². The molecule has 2 aromatic rings. The molecule has 0 saturated heterocycles. The third-order valence-corrected chi connectivity index (χ3v) is 4.36. The predicted molar refractivity (Wildman–Crippen MR) is 78.3 cm³/mol. The van der Waals surface area contributed by atoms with E-state index in [1.165, 1.54) is 5.56 Å². The van der Waals surface area contributed by atoms with Crippen molar-refractivity contribution in [3.05, 3.63) is 64.4 Å². The van der Waals surface area contributed by atoms with Crippen molar-refractivity contribution in [3.63, 3.8) is 0 Å². The van der Waals surface area contributed by atoms with Crippen LogP contribution >= 0.6 is 11.6 Å². The van der Waals surface area contributed by atoms with E-state index in [1.807, 2.05) is 36.5 Å². The SMILES string of the molecule is CC(N)(c1cccc(Cl)c1)C1CCc2cccnc21. The molecule has 19 heavy (non-hydrogen) atoms. The summed E-state index contributed by atoms with van der Waals surface area (Å²) in [7, 11) is 0. The standard InChI is InChI=1S/C16H17ClN2/c1-16(18,12-5-2-6-13(17)10-12)14-8-7-11-4-3-9-19-15(11)14/h2-6,9-10,14H,7-8,18H2,1H3.